The van der Waals surface area contributed by atoms with E-state index in [0.717, 1.165) is 16.7 Å². The Morgan fingerprint density at radius 1 is 1.00 bits per heavy atom. The zero-order valence-corrected chi connectivity index (χ0v) is 15.8. The van der Waals surface area contributed by atoms with Gasteiger partial charge in [0, 0.05) is 11.1 Å². The van der Waals surface area contributed by atoms with Crippen LogP contribution in [0, 0.1) is 20.8 Å². The summed E-state index contributed by atoms with van der Waals surface area (Å²) in [4.78, 5) is 29.3. The van der Waals surface area contributed by atoms with Crippen molar-refractivity contribution in [2.45, 2.75) is 33.8 Å². The predicted molar refractivity (Wildman–Crippen MR) is 102 cm³/mol. The Balaban J connectivity index is 1.76. The van der Waals surface area contributed by atoms with Gasteiger partial charge in [-0.05, 0) is 57.0 Å². The molecule has 3 aromatic rings. The lowest BCUT2D eigenvalue weighted by Crippen LogP contribution is -2.25. The fourth-order valence-corrected chi connectivity index (χ4v) is 2.69. The van der Waals surface area contributed by atoms with Crippen LogP contribution in [-0.2, 0) is 4.74 Å². The van der Waals surface area contributed by atoms with E-state index in [1.165, 1.54) is 0 Å². The van der Waals surface area contributed by atoms with Crippen LogP contribution in [0.25, 0.3) is 11.5 Å². The van der Waals surface area contributed by atoms with Gasteiger partial charge in [-0.2, -0.15) is 0 Å². The van der Waals surface area contributed by atoms with Gasteiger partial charge in [-0.3, -0.25) is 4.79 Å². The number of rotatable bonds is 5. The smallest absolute Gasteiger partial charge is 0.361 e. The lowest BCUT2D eigenvalue weighted by atomic mass is 10.0. The monoisotopic (exact) mass is 363 g/mol. The van der Waals surface area contributed by atoms with Gasteiger partial charge in [-0.15, -0.1) is 0 Å². The Bertz CT molecular complexity index is 989. The van der Waals surface area contributed by atoms with Crippen LogP contribution in [-0.4, -0.2) is 22.8 Å². The molecule has 0 N–H and O–H groups in total. The highest BCUT2D eigenvalue weighted by Gasteiger charge is 2.25. The normalized spacial score (nSPS) is 11.9. The average Bonchev–Trinajstić information content (AvgIpc) is 3.06. The number of carbonyl (C=O) groups excluding carboxylic acids is 2. The van der Waals surface area contributed by atoms with Crippen LogP contribution >= 0.6 is 0 Å². The number of hydrogen-bond acceptors (Lipinski definition) is 5. The van der Waals surface area contributed by atoms with Gasteiger partial charge in [-0.25, -0.2) is 9.78 Å². The predicted octanol–water partition coefficient (Wildman–Crippen LogP) is 4.70. The second-order valence-corrected chi connectivity index (χ2v) is 6.50. The Hall–Kier alpha value is -3.21. The van der Waals surface area contributed by atoms with Crippen LogP contribution in [0.4, 0.5) is 0 Å². The number of Topliss-reactive ketones (excluding diaryl/α,β-unsaturated/α-hetero) is 1. The van der Waals surface area contributed by atoms with Crippen molar-refractivity contribution in [1.82, 2.24) is 4.98 Å². The summed E-state index contributed by atoms with van der Waals surface area (Å²) in [5, 5.41) is 0. The van der Waals surface area contributed by atoms with Crippen LogP contribution < -0.4 is 0 Å². The first-order valence-corrected chi connectivity index (χ1v) is 8.72. The molecule has 0 amide bonds. The van der Waals surface area contributed by atoms with Gasteiger partial charge in [0.2, 0.25) is 11.7 Å². The molecule has 1 atom stereocenters. The van der Waals surface area contributed by atoms with Gasteiger partial charge in [-0.1, -0.05) is 30.3 Å². The minimum Gasteiger partial charge on any atom is -0.449 e. The van der Waals surface area contributed by atoms with Crippen molar-refractivity contribution < 1.29 is 18.7 Å². The van der Waals surface area contributed by atoms with E-state index in [1.807, 2.05) is 50.2 Å². The molecule has 2 aromatic carbocycles. The van der Waals surface area contributed by atoms with E-state index in [2.05, 4.69) is 4.98 Å². The number of hydrogen-bond donors (Lipinski definition) is 0. The second kappa shape index (κ2) is 7.58. The summed E-state index contributed by atoms with van der Waals surface area (Å²) in [5.41, 5.74) is 3.47. The van der Waals surface area contributed by atoms with Gasteiger partial charge >= 0.3 is 5.97 Å². The van der Waals surface area contributed by atoms with E-state index in [9.17, 15) is 9.59 Å². The lowest BCUT2D eigenvalue weighted by molar-refractivity contribution is 0.0312. The van der Waals surface area contributed by atoms with Crippen LogP contribution in [0.5, 0.6) is 0 Å². The number of ether oxygens (including phenoxy) is 1. The number of ketones is 1. The Kier molecular flexibility index (Phi) is 5.21. The maximum Gasteiger partial charge on any atom is 0.361 e. The molecule has 138 valence electrons. The maximum atomic E-state index is 12.6. The number of aryl methyl sites for hydroxylation is 3. The van der Waals surface area contributed by atoms with E-state index < -0.39 is 12.1 Å². The third-order valence-corrected chi connectivity index (χ3v) is 4.46. The van der Waals surface area contributed by atoms with E-state index >= 15 is 0 Å². The summed E-state index contributed by atoms with van der Waals surface area (Å²) in [7, 11) is 0. The van der Waals surface area contributed by atoms with Crippen molar-refractivity contribution in [2.24, 2.45) is 0 Å². The molecule has 0 radical (unpaired) electrons. The summed E-state index contributed by atoms with van der Waals surface area (Å²) in [5.74, 6) is -0.239. The van der Waals surface area contributed by atoms with E-state index in [4.69, 9.17) is 9.15 Å². The van der Waals surface area contributed by atoms with Crippen molar-refractivity contribution >= 4 is 11.8 Å². The Morgan fingerprint density at radius 3 is 2.37 bits per heavy atom. The summed E-state index contributed by atoms with van der Waals surface area (Å²) in [6.07, 6.45) is -0.920. The highest BCUT2D eigenvalue weighted by Crippen LogP contribution is 2.22. The van der Waals surface area contributed by atoms with Crippen LogP contribution in [0.3, 0.4) is 0 Å². The SMILES string of the molecule is Cc1ccc(C(=O)[C@@H](C)OC(=O)c2nc(-c3ccccc3)oc2C)cc1C. The first-order valence-electron chi connectivity index (χ1n) is 8.72. The van der Waals surface area contributed by atoms with Crippen LogP contribution in [0.2, 0.25) is 0 Å². The molecule has 0 fully saturated rings. The fourth-order valence-electron chi connectivity index (χ4n) is 2.69. The van der Waals surface area contributed by atoms with Gasteiger partial charge in [0.05, 0.1) is 0 Å². The number of esters is 1. The second-order valence-electron chi connectivity index (χ2n) is 6.50. The number of oxazole rings is 1. The standard InChI is InChI=1S/C22H21NO4/c1-13-10-11-18(12-14(13)2)20(24)16(4)27-22(25)19-15(3)26-21(23-19)17-8-6-5-7-9-17/h5-12,16H,1-4H3/t16-/m1/s1. The molecule has 0 saturated carbocycles. The topological polar surface area (TPSA) is 69.4 Å². The zero-order chi connectivity index (χ0) is 19.6. The van der Waals surface area contributed by atoms with Crippen molar-refractivity contribution in [3.63, 3.8) is 0 Å². The van der Waals surface area contributed by atoms with Gasteiger partial charge in [0.15, 0.2) is 11.8 Å². The summed E-state index contributed by atoms with van der Waals surface area (Å²) in [6.45, 7) is 7.12. The number of benzene rings is 2. The van der Waals surface area contributed by atoms with Crippen molar-refractivity contribution in [3.8, 4) is 11.5 Å². The third kappa shape index (κ3) is 3.97. The lowest BCUT2D eigenvalue weighted by Gasteiger charge is -2.12. The molecule has 5 heteroatoms. The molecule has 27 heavy (non-hydrogen) atoms. The summed E-state index contributed by atoms with van der Waals surface area (Å²) >= 11 is 0. The number of carbonyl (C=O) groups is 2. The molecule has 0 unspecified atom stereocenters. The molecule has 5 nitrogen and oxygen atoms in total. The fraction of sp³-hybridized carbons (Fsp3) is 0.227. The summed E-state index contributed by atoms with van der Waals surface area (Å²) in [6, 6.07) is 14.7. The Labute approximate surface area is 158 Å². The molecule has 0 aliphatic heterocycles. The minimum absolute atomic E-state index is 0.0774. The molecule has 0 aliphatic rings. The summed E-state index contributed by atoms with van der Waals surface area (Å²) < 4.78 is 10.9. The van der Waals surface area contributed by atoms with Crippen LogP contribution in [0.15, 0.2) is 52.9 Å². The molecule has 1 heterocycles. The van der Waals surface area contributed by atoms with Gasteiger partial charge in [0.25, 0.3) is 0 Å². The molecule has 0 bridgehead atoms. The minimum atomic E-state index is -0.920. The Morgan fingerprint density at radius 2 is 1.70 bits per heavy atom. The first-order chi connectivity index (χ1) is 12.9. The number of nitrogens with zero attached hydrogens (tertiary/aromatic N) is 1. The van der Waals surface area contributed by atoms with Crippen molar-refractivity contribution in [3.05, 3.63) is 76.7 Å². The quantitative estimate of drug-likeness (QED) is 0.486. The largest absolute Gasteiger partial charge is 0.449 e. The van der Waals surface area contributed by atoms with Gasteiger partial charge < -0.3 is 9.15 Å². The molecule has 3 rings (SSSR count). The molecule has 1 aromatic heterocycles. The van der Waals surface area contributed by atoms with E-state index in [1.54, 1.807) is 26.0 Å². The molecular formula is C22H21NO4. The molecule has 0 aliphatic carbocycles. The van der Waals surface area contributed by atoms with Crippen molar-refractivity contribution in [1.29, 1.82) is 0 Å². The first kappa shape index (κ1) is 18.6. The molecular weight excluding hydrogens is 342 g/mol. The highest BCUT2D eigenvalue weighted by atomic mass is 16.5. The molecule has 0 spiro atoms. The van der Waals surface area contributed by atoms with E-state index in [0.29, 0.717) is 17.2 Å². The van der Waals surface area contributed by atoms with Crippen LogP contribution in [0.1, 0.15) is 44.7 Å². The molecule has 0 saturated heterocycles. The average molecular weight is 363 g/mol. The van der Waals surface area contributed by atoms with Gasteiger partial charge in [0.1, 0.15) is 5.76 Å². The number of aromatic nitrogens is 1. The highest BCUT2D eigenvalue weighted by molar-refractivity contribution is 6.01. The maximum absolute atomic E-state index is 12.6. The third-order valence-electron chi connectivity index (χ3n) is 4.46. The van der Waals surface area contributed by atoms with E-state index in [-0.39, 0.29) is 11.5 Å². The zero-order valence-electron chi connectivity index (χ0n) is 15.8. The van der Waals surface area contributed by atoms with Crippen molar-refractivity contribution in [2.75, 3.05) is 0 Å².